The molecule has 156 valence electrons. The largest absolute Gasteiger partial charge is 1.00 e. The van der Waals surface area contributed by atoms with E-state index in [4.69, 9.17) is 16.3 Å². The van der Waals surface area contributed by atoms with Gasteiger partial charge in [0, 0.05) is 36.3 Å². The van der Waals surface area contributed by atoms with Crippen molar-refractivity contribution in [2.24, 2.45) is 0 Å². The molecule has 2 fully saturated rings. The lowest BCUT2D eigenvalue weighted by molar-refractivity contribution is -0.931. The standard InChI is InChI=1S/C23H27ClN2O2.BrH/c1-15-7-10-21(16-5-4-6-17(24)12-16)22(11-15)25-23(27)28-20-13-18-8-9-19(14-20)26(18,2)3;/h4-7,10-12,18-20H,8-9,13-14H2,1-3H3;1H. The Morgan fingerprint density at radius 2 is 1.79 bits per heavy atom. The molecule has 1 N–H and O–H groups in total. The van der Waals surface area contributed by atoms with Gasteiger partial charge in [-0.1, -0.05) is 35.9 Å². The van der Waals surface area contributed by atoms with Gasteiger partial charge in [0.25, 0.3) is 0 Å². The van der Waals surface area contributed by atoms with E-state index in [0.717, 1.165) is 39.7 Å². The Hall–Kier alpha value is -1.56. The molecular formula is C23H28BrClN2O2. The van der Waals surface area contributed by atoms with Crippen molar-refractivity contribution in [2.75, 3.05) is 19.4 Å². The van der Waals surface area contributed by atoms with Crippen molar-refractivity contribution in [3.8, 4) is 11.1 Å². The summed E-state index contributed by atoms with van der Waals surface area (Å²) in [5, 5.41) is 3.65. The Morgan fingerprint density at radius 3 is 2.45 bits per heavy atom. The first kappa shape index (κ1) is 22.1. The number of rotatable bonds is 3. The molecule has 2 aromatic rings. The number of halogens is 2. The van der Waals surface area contributed by atoms with Gasteiger partial charge in [-0.25, -0.2) is 4.79 Å². The highest BCUT2D eigenvalue weighted by atomic mass is 79.9. The molecule has 2 heterocycles. The summed E-state index contributed by atoms with van der Waals surface area (Å²) in [5.41, 5.74) is 3.74. The summed E-state index contributed by atoms with van der Waals surface area (Å²) in [4.78, 5) is 12.7. The fourth-order valence-corrected chi connectivity index (χ4v) is 5.08. The fraction of sp³-hybridized carbons (Fsp3) is 0.435. The minimum Gasteiger partial charge on any atom is -1.00 e. The molecule has 2 atom stereocenters. The highest BCUT2D eigenvalue weighted by molar-refractivity contribution is 6.30. The molecule has 0 radical (unpaired) electrons. The summed E-state index contributed by atoms with van der Waals surface area (Å²) in [6.45, 7) is 2.01. The molecule has 0 spiro atoms. The lowest BCUT2D eigenvalue weighted by Crippen LogP contribution is -3.00. The molecular weight excluding hydrogens is 452 g/mol. The highest BCUT2D eigenvalue weighted by Crippen LogP contribution is 2.40. The van der Waals surface area contributed by atoms with Crippen LogP contribution in [-0.2, 0) is 4.74 Å². The number of hydrogen-bond donors (Lipinski definition) is 1. The van der Waals surface area contributed by atoms with Crippen LogP contribution in [0.25, 0.3) is 11.1 Å². The van der Waals surface area contributed by atoms with Crippen LogP contribution in [0.4, 0.5) is 10.5 Å². The topological polar surface area (TPSA) is 38.3 Å². The minimum atomic E-state index is -0.370. The van der Waals surface area contributed by atoms with Crippen molar-refractivity contribution >= 4 is 23.4 Å². The van der Waals surface area contributed by atoms with Gasteiger partial charge in [-0.15, -0.1) is 0 Å². The Bertz CT molecular complexity index is 886. The van der Waals surface area contributed by atoms with E-state index in [1.54, 1.807) is 0 Å². The van der Waals surface area contributed by atoms with Crippen LogP contribution in [0, 0.1) is 6.92 Å². The molecule has 6 heteroatoms. The van der Waals surface area contributed by atoms with E-state index in [-0.39, 0.29) is 29.2 Å². The first-order valence-electron chi connectivity index (χ1n) is 10.0. The monoisotopic (exact) mass is 478 g/mol. The Kier molecular flexibility index (Phi) is 6.61. The van der Waals surface area contributed by atoms with Crippen LogP contribution in [0.5, 0.6) is 0 Å². The number of carbonyl (C=O) groups is 1. The van der Waals surface area contributed by atoms with Gasteiger partial charge in [0.1, 0.15) is 6.10 Å². The minimum absolute atomic E-state index is 0. The van der Waals surface area contributed by atoms with Crippen molar-refractivity contribution in [3.05, 3.63) is 53.1 Å². The number of ether oxygens (including phenoxy) is 1. The zero-order valence-electron chi connectivity index (χ0n) is 17.1. The number of piperidine rings is 1. The van der Waals surface area contributed by atoms with Crippen LogP contribution in [0.2, 0.25) is 5.02 Å². The quantitative estimate of drug-likeness (QED) is 0.688. The normalized spacial score (nSPS) is 24.5. The maximum atomic E-state index is 12.7. The Morgan fingerprint density at radius 1 is 1.10 bits per heavy atom. The van der Waals surface area contributed by atoms with Crippen molar-refractivity contribution in [3.63, 3.8) is 0 Å². The number of carbonyl (C=O) groups excluding carboxylic acids is 1. The average molecular weight is 480 g/mol. The number of aryl methyl sites for hydroxylation is 1. The van der Waals surface area contributed by atoms with Crippen molar-refractivity contribution in [2.45, 2.75) is 50.8 Å². The van der Waals surface area contributed by atoms with Gasteiger partial charge >= 0.3 is 6.09 Å². The molecule has 0 aliphatic carbocycles. The van der Waals surface area contributed by atoms with E-state index >= 15 is 0 Å². The molecule has 1 amide bonds. The number of nitrogens with one attached hydrogen (secondary N) is 1. The number of nitrogens with zero attached hydrogens (tertiary/aromatic N) is 1. The highest BCUT2D eigenvalue weighted by Gasteiger charge is 2.49. The smallest absolute Gasteiger partial charge is 0.411 e. The average Bonchev–Trinajstić information content (AvgIpc) is 2.80. The van der Waals surface area contributed by atoms with Crippen LogP contribution in [0.1, 0.15) is 31.2 Å². The van der Waals surface area contributed by atoms with Crippen LogP contribution in [0.3, 0.4) is 0 Å². The molecule has 2 bridgehead atoms. The predicted octanol–water partition coefficient (Wildman–Crippen LogP) is 2.64. The number of anilines is 1. The van der Waals surface area contributed by atoms with Gasteiger partial charge < -0.3 is 26.2 Å². The molecule has 2 unspecified atom stereocenters. The summed E-state index contributed by atoms with van der Waals surface area (Å²) < 4.78 is 6.91. The predicted molar refractivity (Wildman–Crippen MR) is 114 cm³/mol. The summed E-state index contributed by atoms with van der Waals surface area (Å²) in [6, 6.07) is 14.9. The molecule has 0 aromatic heterocycles. The second kappa shape index (κ2) is 8.66. The zero-order valence-corrected chi connectivity index (χ0v) is 19.5. The number of benzene rings is 2. The molecule has 2 aliphatic rings. The molecule has 0 saturated carbocycles. The summed E-state index contributed by atoms with van der Waals surface area (Å²) in [7, 11) is 4.62. The Labute approximate surface area is 188 Å². The SMILES string of the molecule is Cc1ccc(-c2cccc(Cl)c2)c(NC(=O)OC2CC3CCC(C2)[N+]3(C)C)c1.[Br-]. The fourth-order valence-electron chi connectivity index (χ4n) is 4.89. The van der Waals surface area contributed by atoms with E-state index in [1.807, 2.05) is 49.4 Å². The van der Waals surface area contributed by atoms with Crippen molar-refractivity contribution in [1.82, 2.24) is 0 Å². The summed E-state index contributed by atoms with van der Waals surface area (Å²) in [6.07, 6.45) is 4.00. The maximum absolute atomic E-state index is 12.7. The number of quaternary nitrogens is 1. The lowest BCUT2D eigenvalue weighted by atomic mass is 9.98. The first-order valence-corrected chi connectivity index (χ1v) is 10.4. The summed E-state index contributed by atoms with van der Waals surface area (Å²) in [5.74, 6) is 0. The van der Waals surface area contributed by atoms with Crippen LogP contribution >= 0.6 is 11.6 Å². The molecule has 2 aliphatic heterocycles. The maximum Gasteiger partial charge on any atom is 0.411 e. The van der Waals surface area contributed by atoms with E-state index in [9.17, 15) is 4.79 Å². The second-order valence-electron chi connectivity index (χ2n) is 8.70. The third kappa shape index (κ3) is 4.62. The van der Waals surface area contributed by atoms with Crippen LogP contribution < -0.4 is 22.3 Å². The number of amides is 1. The van der Waals surface area contributed by atoms with E-state index in [0.29, 0.717) is 17.1 Å². The van der Waals surface area contributed by atoms with Gasteiger partial charge in [0.15, 0.2) is 0 Å². The second-order valence-corrected chi connectivity index (χ2v) is 9.13. The third-order valence-corrected chi connectivity index (χ3v) is 6.84. The van der Waals surface area contributed by atoms with Gasteiger partial charge in [0.05, 0.1) is 31.9 Å². The molecule has 2 aromatic carbocycles. The van der Waals surface area contributed by atoms with Gasteiger partial charge in [0.2, 0.25) is 0 Å². The molecule has 4 rings (SSSR count). The van der Waals surface area contributed by atoms with Crippen molar-refractivity contribution in [1.29, 1.82) is 0 Å². The van der Waals surface area contributed by atoms with Crippen LogP contribution in [0.15, 0.2) is 42.5 Å². The lowest BCUT2D eigenvalue weighted by Gasteiger charge is -2.43. The summed E-state index contributed by atoms with van der Waals surface area (Å²) >= 11 is 6.16. The van der Waals surface area contributed by atoms with Crippen molar-refractivity contribution < 1.29 is 31.0 Å². The van der Waals surface area contributed by atoms with Gasteiger partial charge in [-0.3, -0.25) is 5.32 Å². The Balaban J connectivity index is 0.00000240. The van der Waals surface area contributed by atoms with Gasteiger partial charge in [-0.2, -0.15) is 0 Å². The van der Waals surface area contributed by atoms with Crippen LogP contribution in [-0.4, -0.2) is 42.9 Å². The third-order valence-electron chi connectivity index (χ3n) is 6.61. The molecule has 4 nitrogen and oxygen atoms in total. The van der Waals surface area contributed by atoms with E-state index in [1.165, 1.54) is 12.8 Å². The number of hydrogen-bond acceptors (Lipinski definition) is 2. The first-order chi connectivity index (χ1) is 13.3. The van der Waals surface area contributed by atoms with Gasteiger partial charge in [-0.05, 0) is 36.2 Å². The zero-order chi connectivity index (χ0) is 19.9. The number of fused-ring (bicyclic) bond motifs is 2. The van der Waals surface area contributed by atoms with E-state index in [2.05, 4.69) is 19.4 Å². The van der Waals surface area contributed by atoms with E-state index < -0.39 is 0 Å². The molecule has 29 heavy (non-hydrogen) atoms. The molecule has 2 saturated heterocycles.